The Balaban J connectivity index is 1.37. The predicted molar refractivity (Wildman–Crippen MR) is 112 cm³/mol. The Morgan fingerprint density at radius 1 is 1.00 bits per heavy atom. The average Bonchev–Trinajstić information content (AvgIpc) is 2.79. The van der Waals surface area contributed by atoms with Crippen LogP contribution in [0.25, 0.3) is 10.8 Å². The summed E-state index contributed by atoms with van der Waals surface area (Å²) >= 11 is 0. The van der Waals surface area contributed by atoms with Crippen LogP contribution in [0.1, 0.15) is 12.8 Å². The number of nitrogens with zero attached hydrogens (tertiary/aromatic N) is 2. The number of benzene rings is 2. The van der Waals surface area contributed by atoms with E-state index < -0.39 is 0 Å². The van der Waals surface area contributed by atoms with Crippen molar-refractivity contribution >= 4 is 16.7 Å². The molecule has 2 fully saturated rings. The molecule has 0 aliphatic carbocycles. The molecule has 0 radical (unpaired) electrons. The van der Waals surface area contributed by atoms with Crippen LogP contribution < -0.4 is 4.74 Å². The molecule has 2 aliphatic heterocycles. The number of ether oxygens (including phenoxy) is 3. The third-order valence-electron chi connectivity index (χ3n) is 5.80. The van der Waals surface area contributed by atoms with Crippen LogP contribution in [-0.2, 0) is 14.3 Å². The molecule has 4 rings (SSSR count). The minimum atomic E-state index is 0.0540. The number of hydrogen-bond acceptors (Lipinski definition) is 5. The first-order valence-corrected chi connectivity index (χ1v) is 10.6. The van der Waals surface area contributed by atoms with Gasteiger partial charge in [-0.25, -0.2) is 0 Å². The maximum absolute atomic E-state index is 13.1. The van der Waals surface area contributed by atoms with Gasteiger partial charge in [0.15, 0.2) is 6.61 Å². The zero-order valence-corrected chi connectivity index (χ0v) is 16.9. The van der Waals surface area contributed by atoms with Crippen LogP contribution >= 0.6 is 0 Å². The predicted octanol–water partition coefficient (Wildman–Crippen LogP) is 2.56. The molecule has 0 bridgehead atoms. The molecule has 2 saturated heterocycles. The van der Waals surface area contributed by atoms with Crippen LogP contribution in [0.4, 0.5) is 0 Å². The van der Waals surface area contributed by atoms with Crippen molar-refractivity contribution < 1.29 is 19.0 Å². The van der Waals surface area contributed by atoms with E-state index in [1.54, 1.807) is 0 Å². The molecule has 0 unspecified atom stereocenters. The molecule has 2 aromatic carbocycles. The Kier molecular flexibility index (Phi) is 6.98. The first kappa shape index (κ1) is 20.1. The van der Waals surface area contributed by atoms with Crippen LogP contribution in [-0.4, -0.2) is 81.0 Å². The Labute approximate surface area is 172 Å². The highest BCUT2D eigenvalue weighted by Gasteiger charge is 2.26. The highest BCUT2D eigenvalue weighted by atomic mass is 16.5. The van der Waals surface area contributed by atoms with Crippen molar-refractivity contribution in [3.05, 3.63) is 42.5 Å². The van der Waals surface area contributed by atoms with Gasteiger partial charge in [0.25, 0.3) is 5.91 Å². The van der Waals surface area contributed by atoms with Crippen molar-refractivity contribution in [1.29, 1.82) is 0 Å². The number of hydrogen-bond donors (Lipinski definition) is 0. The highest BCUT2D eigenvalue weighted by Crippen LogP contribution is 2.21. The fraction of sp³-hybridized carbons (Fsp3) is 0.522. The van der Waals surface area contributed by atoms with Crippen LogP contribution in [0, 0.1) is 0 Å². The van der Waals surface area contributed by atoms with Gasteiger partial charge in [-0.1, -0.05) is 30.3 Å². The number of amides is 1. The molecule has 2 aliphatic rings. The monoisotopic (exact) mass is 398 g/mol. The average molecular weight is 399 g/mol. The molecular formula is C23H30N2O4. The molecule has 0 saturated carbocycles. The molecule has 0 N–H and O–H groups in total. The molecule has 0 spiro atoms. The molecular weight excluding hydrogens is 368 g/mol. The first-order chi connectivity index (χ1) is 14.3. The van der Waals surface area contributed by atoms with Crippen molar-refractivity contribution in [2.24, 2.45) is 0 Å². The maximum Gasteiger partial charge on any atom is 0.260 e. The van der Waals surface area contributed by atoms with Gasteiger partial charge in [-0.3, -0.25) is 9.69 Å². The Morgan fingerprint density at radius 2 is 1.72 bits per heavy atom. The summed E-state index contributed by atoms with van der Waals surface area (Å²) in [7, 11) is 0. The smallest absolute Gasteiger partial charge is 0.260 e. The van der Waals surface area contributed by atoms with E-state index in [-0.39, 0.29) is 18.6 Å². The van der Waals surface area contributed by atoms with E-state index >= 15 is 0 Å². The van der Waals surface area contributed by atoms with E-state index in [9.17, 15) is 4.79 Å². The normalized spacial score (nSPS) is 18.6. The Hall–Kier alpha value is -2.15. The van der Waals surface area contributed by atoms with Gasteiger partial charge < -0.3 is 19.1 Å². The molecule has 6 nitrogen and oxygen atoms in total. The first-order valence-electron chi connectivity index (χ1n) is 10.6. The molecule has 29 heavy (non-hydrogen) atoms. The van der Waals surface area contributed by atoms with Gasteiger partial charge in [-0.05, 0) is 35.7 Å². The quantitative estimate of drug-likeness (QED) is 0.718. The molecule has 2 heterocycles. The number of morpholine rings is 1. The summed E-state index contributed by atoms with van der Waals surface area (Å²) in [5, 5.41) is 2.28. The van der Waals surface area contributed by atoms with Crippen molar-refractivity contribution in [2.75, 3.05) is 59.2 Å². The van der Waals surface area contributed by atoms with E-state index in [4.69, 9.17) is 14.2 Å². The van der Waals surface area contributed by atoms with Crippen LogP contribution in [0.3, 0.4) is 0 Å². The standard InChI is InChI=1S/C23H30N2O4/c26-23(18-29-22-6-5-19-3-1-2-4-20(19)17-22)25(21-7-13-27-14-8-21)10-9-24-11-15-28-16-12-24/h1-6,17,21H,7-16,18H2. The second kappa shape index (κ2) is 10.1. The molecule has 0 aromatic heterocycles. The minimum absolute atomic E-state index is 0.0540. The van der Waals surface area contributed by atoms with Crippen molar-refractivity contribution in [3.63, 3.8) is 0 Å². The lowest BCUT2D eigenvalue weighted by Crippen LogP contribution is -2.49. The number of carbonyl (C=O) groups is 1. The second-order valence-electron chi connectivity index (χ2n) is 7.68. The van der Waals surface area contributed by atoms with E-state index in [1.165, 1.54) is 5.39 Å². The van der Waals surface area contributed by atoms with Gasteiger partial charge in [0.05, 0.1) is 13.2 Å². The van der Waals surface area contributed by atoms with Gasteiger partial charge in [0, 0.05) is 45.4 Å². The molecule has 156 valence electrons. The summed E-state index contributed by atoms with van der Waals surface area (Å²) < 4.78 is 16.8. The lowest BCUT2D eigenvalue weighted by molar-refractivity contribution is -0.138. The number of fused-ring (bicyclic) bond motifs is 1. The zero-order valence-electron chi connectivity index (χ0n) is 16.9. The summed E-state index contributed by atoms with van der Waals surface area (Å²) in [6.45, 7) is 6.53. The molecule has 2 aromatic rings. The van der Waals surface area contributed by atoms with E-state index in [0.717, 1.165) is 76.6 Å². The topological polar surface area (TPSA) is 51.2 Å². The lowest BCUT2D eigenvalue weighted by Gasteiger charge is -2.36. The van der Waals surface area contributed by atoms with Crippen molar-refractivity contribution in [3.8, 4) is 5.75 Å². The second-order valence-corrected chi connectivity index (χ2v) is 7.68. The van der Waals surface area contributed by atoms with Gasteiger partial charge in [-0.2, -0.15) is 0 Å². The minimum Gasteiger partial charge on any atom is -0.484 e. The van der Waals surface area contributed by atoms with Crippen molar-refractivity contribution in [1.82, 2.24) is 9.80 Å². The Bertz CT molecular complexity index is 800. The zero-order chi connectivity index (χ0) is 19.9. The van der Waals surface area contributed by atoms with Gasteiger partial charge >= 0.3 is 0 Å². The molecule has 6 heteroatoms. The van der Waals surface area contributed by atoms with Gasteiger partial charge in [0.1, 0.15) is 5.75 Å². The lowest BCUT2D eigenvalue weighted by atomic mass is 10.1. The van der Waals surface area contributed by atoms with E-state index in [0.29, 0.717) is 0 Å². The third kappa shape index (κ3) is 5.47. The van der Waals surface area contributed by atoms with Crippen LogP contribution in [0.2, 0.25) is 0 Å². The summed E-state index contributed by atoms with van der Waals surface area (Å²) in [4.78, 5) is 17.5. The van der Waals surface area contributed by atoms with E-state index in [2.05, 4.69) is 17.0 Å². The highest BCUT2D eigenvalue weighted by molar-refractivity contribution is 5.84. The summed E-state index contributed by atoms with van der Waals surface area (Å²) in [6, 6.07) is 14.4. The SMILES string of the molecule is O=C(COc1ccc2ccccc2c1)N(CCN1CCOCC1)C1CCOCC1. The number of carbonyl (C=O) groups excluding carboxylic acids is 1. The van der Waals surface area contributed by atoms with Crippen LogP contribution in [0.5, 0.6) is 5.75 Å². The van der Waals surface area contributed by atoms with Gasteiger partial charge in [-0.15, -0.1) is 0 Å². The van der Waals surface area contributed by atoms with Gasteiger partial charge in [0.2, 0.25) is 0 Å². The van der Waals surface area contributed by atoms with E-state index in [1.807, 2.05) is 35.2 Å². The fourth-order valence-corrected chi connectivity index (χ4v) is 4.07. The summed E-state index contributed by atoms with van der Waals surface area (Å²) in [5.41, 5.74) is 0. The fourth-order valence-electron chi connectivity index (χ4n) is 4.07. The van der Waals surface area contributed by atoms with Crippen molar-refractivity contribution in [2.45, 2.75) is 18.9 Å². The Morgan fingerprint density at radius 3 is 2.52 bits per heavy atom. The summed E-state index contributed by atoms with van der Waals surface area (Å²) in [6.07, 6.45) is 1.79. The number of rotatable bonds is 7. The third-order valence-corrected chi connectivity index (χ3v) is 5.80. The van der Waals surface area contributed by atoms with Crippen LogP contribution in [0.15, 0.2) is 42.5 Å². The maximum atomic E-state index is 13.1. The largest absolute Gasteiger partial charge is 0.484 e. The molecule has 1 amide bonds. The molecule has 0 atom stereocenters. The summed E-state index contributed by atoms with van der Waals surface area (Å²) in [5.74, 6) is 0.787.